The molecule has 1 atom stereocenters. The van der Waals surface area contributed by atoms with Gasteiger partial charge in [0.05, 0.1) is 25.8 Å². The van der Waals surface area contributed by atoms with Crippen LogP contribution in [-0.2, 0) is 35.8 Å². The fourth-order valence-electron chi connectivity index (χ4n) is 5.43. The van der Waals surface area contributed by atoms with E-state index in [4.69, 9.17) is 15.2 Å². The lowest BCUT2D eigenvalue weighted by Gasteiger charge is -2.26. The van der Waals surface area contributed by atoms with Gasteiger partial charge in [0, 0.05) is 49.3 Å². The molecule has 0 radical (unpaired) electrons. The van der Waals surface area contributed by atoms with E-state index in [2.05, 4.69) is 35.7 Å². The summed E-state index contributed by atoms with van der Waals surface area (Å²) in [5.41, 5.74) is 11.6. The molecule has 1 saturated carbocycles. The summed E-state index contributed by atoms with van der Waals surface area (Å²) >= 11 is 0. The topological polar surface area (TPSA) is 85.1 Å². The first-order valence-corrected chi connectivity index (χ1v) is 12.9. The third-order valence-corrected chi connectivity index (χ3v) is 7.48. The molecule has 2 N–H and O–H groups in total. The van der Waals surface area contributed by atoms with Gasteiger partial charge in [-0.25, -0.2) is 0 Å². The van der Waals surface area contributed by atoms with Gasteiger partial charge in [-0.2, -0.15) is 0 Å². The molecule has 0 bridgehead atoms. The number of amides is 1. The number of carbonyl (C=O) groups is 2. The van der Waals surface area contributed by atoms with Gasteiger partial charge in [0.1, 0.15) is 12.4 Å². The number of ether oxygens (including phenoxy) is 2. The van der Waals surface area contributed by atoms with Gasteiger partial charge in [0.2, 0.25) is 0 Å². The Bertz CT molecular complexity index is 1140. The van der Waals surface area contributed by atoms with Crippen molar-refractivity contribution in [2.75, 3.05) is 26.3 Å². The number of ketones is 1. The van der Waals surface area contributed by atoms with Gasteiger partial charge in [0.25, 0.3) is 5.91 Å². The van der Waals surface area contributed by atoms with E-state index < -0.39 is 6.04 Å². The summed E-state index contributed by atoms with van der Waals surface area (Å²) in [4.78, 5) is 30.3. The highest BCUT2D eigenvalue weighted by Gasteiger charge is 2.38. The van der Waals surface area contributed by atoms with E-state index in [-0.39, 0.29) is 11.7 Å². The van der Waals surface area contributed by atoms with E-state index in [9.17, 15) is 9.59 Å². The van der Waals surface area contributed by atoms with Crippen LogP contribution in [0, 0.1) is 0 Å². The number of morpholine rings is 1. The zero-order valence-corrected chi connectivity index (χ0v) is 20.8. The maximum atomic E-state index is 13.3. The molecule has 7 nitrogen and oxygen atoms in total. The summed E-state index contributed by atoms with van der Waals surface area (Å²) in [6.07, 6.45) is 2.74. The van der Waals surface area contributed by atoms with Crippen LogP contribution in [0.4, 0.5) is 0 Å². The number of fused-ring (bicyclic) bond motifs is 1. The molecule has 2 aromatic carbocycles. The van der Waals surface area contributed by atoms with Gasteiger partial charge in [0.15, 0.2) is 5.78 Å². The number of carbonyl (C=O) groups excluding carboxylic acids is 2. The van der Waals surface area contributed by atoms with Crippen molar-refractivity contribution in [3.8, 4) is 5.75 Å². The molecule has 0 unspecified atom stereocenters. The fourth-order valence-corrected chi connectivity index (χ4v) is 5.43. The minimum Gasteiger partial charge on any atom is -0.488 e. The predicted molar refractivity (Wildman–Crippen MR) is 137 cm³/mol. The average Bonchev–Trinajstić information content (AvgIpc) is 3.12. The molecule has 2 heterocycles. The zero-order chi connectivity index (χ0) is 25.1. The summed E-state index contributed by atoms with van der Waals surface area (Å²) in [6.45, 7) is 9.50. The molecule has 0 spiro atoms. The van der Waals surface area contributed by atoms with Gasteiger partial charge in [-0.15, -0.1) is 0 Å². The van der Waals surface area contributed by atoms with Crippen molar-refractivity contribution >= 4 is 11.7 Å². The van der Waals surface area contributed by atoms with Gasteiger partial charge in [-0.1, -0.05) is 42.5 Å². The van der Waals surface area contributed by atoms with Crippen molar-refractivity contribution in [1.29, 1.82) is 0 Å². The molecule has 2 aliphatic heterocycles. The van der Waals surface area contributed by atoms with Crippen LogP contribution in [0.2, 0.25) is 0 Å². The summed E-state index contributed by atoms with van der Waals surface area (Å²) in [7, 11) is 0. The normalized spacial score (nSPS) is 21.0. The Kier molecular flexibility index (Phi) is 7.51. The number of nitrogens with zero attached hydrogens (tertiary/aromatic N) is 2. The first-order chi connectivity index (χ1) is 17.5. The van der Waals surface area contributed by atoms with Gasteiger partial charge in [-0.05, 0) is 36.5 Å². The molecule has 5 rings (SSSR count). The molecular weight excluding hydrogens is 454 g/mol. The number of allylic oxidation sites excluding steroid dienone is 1. The van der Waals surface area contributed by atoms with Crippen molar-refractivity contribution < 1.29 is 19.1 Å². The molecule has 2 aromatic rings. The molecule has 36 heavy (non-hydrogen) atoms. The van der Waals surface area contributed by atoms with Gasteiger partial charge < -0.3 is 20.1 Å². The fraction of sp³-hybridized carbons (Fsp3) is 0.448. The first kappa shape index (κ1) is 24.7. The third-order valence-electron chi connectivity index (χ3n) is 7.48. The summed E-state index contributed by atoms with van der Waals surface area (Å²) in [5.74, 6) is 0.655. The Morgan fingerprint density at radius 3 is 2.56 bits per heavy atom. The summed E-state index contributed by atoms with van der Waals surface area (Å²) < 4.78 is 11.7. The molecule has 2 fully saturated rings. The maximum Gasteiger partial charge on any atom is 0.255 e. The van der Waals surface area contributed by atoms with E-state index in [0.717, 1.165) is 68.0 Å². The lowest BCUT2D eigenvalue weighted by atomic mass is 10.0. The first-order valence-electron chi connectivity index (χ1n) is 12.9. The van der Waals surface area contributed by atoms with E-state index in [1.54, 1.807) is 4.90 Å². The quantitative estimate of drug-likeness (QED) is 0.473. The molecule has 0 aromatic heterocycles. The van der Waals surface area contributed by atoms with Crippen molar-refractivity contribution in [1.82, 2.24) is 9.80 Å². The Morgan fingerprint density at radius 1 is 1.06 bits per heavy atom. The van der Waals surface area contributed by atoms with Crippen LogP contribution < -0.4 is 10.5 Å². The molecule has 7 heteroatoms. The van der Waals surface area contributed by atoms with Crippen molar-refractivity contribution in [2.24, 2.45) is 5.73 Å². The predicted octanol–water partition coefficient (Wildman–Crippen LogP) is 3.58. The van der Waals surface area contributed by atoms with Crippen LogP contribution in [-0.4, -0.2) is 53.8 Å². The molecule has 190 valence electrons. The number of nitrogens with two attached hydrogens (primary N) is 1. The van der Waals surface area contributed by atoms with E-state index in [0.29, 0.717) is 43.9 Å². The van der Waals surface area contributed by atoms with E-state index in [1.807, 2.05) is 12.1 Å². The number of benzene rings is 2. The lowest BCUT2D eigenvalue weighted by Crippen LogP contribution is -2.40. The second-order valence-corrected chi connectivity index (χ2v) is 10.0. The third kappa shape index (κ3) is 5.24. The van der Waals surface area contributed by atoms with Crippen molar-refractivity contribution in [3.05, 3.63) is 76.4 Å². The summed E-state index contributed by atoms with van der Waals surface area (Å²) in [6, 6.07) is 11.8. The van der Waals surface area contributed by atoms with Gasteiger partial charge >= 0.3 is 0 Å². The number of rotatable bonds is 7. The Hall–Kier alpha value is -3.00. The standard InChI is InChI=1S/C29H35N3O4/c1-20-3-2-4-26(27(33)15-20)32-18-25-24(29(32)34)10-9-23(16-30)28(25)36-19-22-7-5-21(6-8-22)17-31-11-13-35-14-12-31/h5-10,26H,1-4,11-19,30H2/t26-/m0/s1. The molecular formula is C29H35N3O4. The lowest BCUT2D eigenvalue weighted by molar-refractivity contribution is -0.122. The van der Waals surface area contributed by atoms with Crippen LogP contribution in [0.5, 0.6) is 5.75 Å². The Labute approximate surface area is 212 Å². The Morgan fingerprint density at radius 2 is 1.81 bits per heavy atom. The van der Waals surface area contributed by atoms with Crippen molar-refractivity contribution in [2.45, 2.75) is 58.0 Å². The van der Waals surface area contributed by atoms with Crippen LogP contribution in [0.3, 0.4) is 0 Å². The highest BCUT2D eigenvalue weighted by Crippen LogP contribution is 2.37. The number of Topliss-reactive ketones (excluding diaryl/α,β-unsaturated/α-hetero) is 1. The summed E-state index contributed by atoms with van der Waals surface area (Å²) in [5, 5.41) is 0. The molecule has 3 aliphatic rings. The maximum absolute atomic E-state index is 13.3. The van der Waals surface area contributed by atoms with Gasteiger partial charge in [-0.3, -0.25) is 14.5 Å². The van der Waals surface area contributed by atoms with Crippen LogP contribution in [0.25, 0.3) is 0 Å². The molecule has 1 amide bonds. The Balaban J connectivity index is 1.30. The zero-order valence-electron chi connectivity index (χ0n) is 20.8. The second-order valence-electron chi connectivity index (χ2n) is 10.0. The van der Waals surface area contributed by atoms with Crippen LogP contribution >= 0.6 is 0 Å². The van der Waals surface area contributed by atoms with Crippen molar-refractivity contribution in [3.63, 3.8) is 0 Å². The average molecular weight is 490 g/mol. The minimum absolute atomic E-state index is 0.0809. The second kappa shape index (κ2) is 10.9. The molecule has 1 saturated heterocycles. The molecule has 1 aliphatic carbocycles. The highest BCUT2D eigenvalue weighted by molar-refractivity contribution is 6.02. The number of hydrogen-bond donors (Lipinski definition) is 1. The monoisotopic (exact) mass is 489 g/mol. The SMILES string of the molecule is C=C1CCC[C@H](N2Cc3c(ccc(CN)c3OCc3ccc(CN4CCOCC4)cc3)C2=O)C(=O)C1. The number of hydrogen-bond acceptors (Lipinski definition) is 6. The van der Waals surface area contributed by atoms with Crippen LogP contribution in [0.1, 0.15) is 58.3 Å². The minimum atomic E-state index is -0.405. The van der Waals surface area contributed by atoms with E-state index in [1.165, 1.54) is 5.56 Å². The smallest absolute Gasteiger partial charge is 0.255 e. The highest BCUT2D eigenvalue weighted by atomic mass is 16.5. The van der Waals surface area contributed by atoms with Crippen LogP contribution in [0.15, 0.2) is 48.6 Å². The van der Waals surface area contributed by atoms with E-state index >= 15 is 0 Å². The largest absolute Gasteiger partial charge is 0.488 e.